The molecule has 0 amide bonds. The number of hydrogen-bond acceptors (Lipinski definition) is 1. The molecule has 1 rings (SSSR count). The highest BCUT2D eigenvalue weighted by atomic mass is 14.6. The van der Waals surface area contributed by atoms with Gasteiger partial charge in [0.25, 0.3) is 0 Å². The predicted octanol–water partition coefficient (Wildman–Crippen LogP) is 2.47. The van der Waals surface area contributed by atoms with Gasteiger partial charge in [0, 0.05) is 6.04 Å². The molecule has 2 unspecified atom stereocenters. The molecule has 0 bridgehead atoms. The largest absolute Gasteiger partial charge is 0.324 e. The van der Waals surface area contributed by atoms with Crippen LogP contribution in [0.1, 0.15) is 39.5 Å². The summed E-state index contributed by atoms with van der Waals surface area (Å²) in [5.74, 6) is 0.859. The first-order valence-corrected chi connectivity index (χ1v) is 4.62. The van der Waals surface area contributed by atoms with Crippen molar-refractivity contribution in [1.29, 1.82) is 0 Å². The van der Waals surface area contributed by atoms with Crippen LogP contribution < -0.4 is 5.73 Å². The smallest absolute Gasteiger partial charge is 0.0250 e. The molecule has 11 heavy (non-hydrogen) atoms. The van der Waals surface area contributed by atoms with E-state index in [-0.39, 0.29) is 0 Å². The number of rotatable bonds is 0. The standard InChI is InChI=1S/C10H19N/c1-8-4-3-5-10(11)9(2)7-6-8/h7-8,10H,3-6,11H2,1-2H3. The van der Waals surface area contributed by atoms with Crippen LogP contribution in [0.4, 0.5) is 0 Å². The summed E-state index contributed by atoms with van der Waals surface area (Å²) in [7, 11) is 0. The SMILES string of the molecule is CC1=CCC(C)CCCC1N. The monoisotopic (exact) mass is 153 g/mol. The van der Waals surface area contributed by atoms with Crippen molar-refractivity contribution >= 4 is 0 Å². The fourth-order valence-electron chi connectivity index (χ4n) is 1.57. The van der Waals surface area contributed by atoms with E-state index in [0.29, 0.717) is 6.04 Å². The summed E-state index contributed by atoms with van der Waals surface area (Å²) in [4.78, 5) is 0. The van der Waals surface area contributed by atoms with Gasteiger partial charge in [0.1, 0.15) is 0 Å². The Morgan fingerprint density at radius 3 is 2.91 bits per heavy atom. The first-order valence-electron chi connectivity index (χ1n) is 4.62. The van der Waals surface area contributed by atoms with Gasteiger partial charge in [0.15, 0.2) is 0 Å². The molecule has 2 N–H and O–H groups in total. The quantitative estimate of drug-likeness (QED) is 0.531. The first-order chi connectivity index (χ1) is 5.20. The molecule has 0 fully saturated rings. The van der Waals surface area contributed by atoms with E-state index in [1.165, 1.54) is 31.3 Å². The van der Waals surface area contributed by atoms with Crippen molar-refractivity contribution in [3.05, 3.63) is 11.6 Å². The molecule has 0 saturated carbocycles. The molecule has 0 spiro atoms. The third-order valence-electron chi connectivity index (χ3n) is 2.64. The molecule has 1 aliphatic rings. The van der Waals surface area contributed by atoms with Crippen molar-refractivity contribution < 1.29 is 0 Å². The summed E-state index contributed by atoms with van der Waals surface area (Å²) in [5.41, 5.74) is 7.31. The molecule has 0 aromatic carbocycles. The molecule has 64 valence electrons. The number of hydrogen-bond donors (Lipinski definition) is 1. The van der Waals surface area contributed by atoms with Crippen molar-refractivity contribution in [3.63, 3.8) is 0 Å². The van der Waals surface area contributed by atoms with Crippen molar-refractivity contribution in [2.45, 2.75) is 45.6 Å². The zero-order valence-electron chi connectivity index (χ0n) is 7.64. The Hall–Kier alpha value is -0.300. The summed E-state index contributed by atoms with van der Waals surface area (Å²) in [6.07, 6.45) is 7.35. The maximum atomic E-state index is 5.92. The molecule has 1 nitrogen and oxygen atoms in total. The van der Waals surface area contributed by atoms with E-state index in [4.69, 9.17) is 5.73 Å². The van der Waals surface area contributed by atoms with Crippen molar-refractivity contribution in [2.24, 2.45) is 11.7 Å². The molecule has 0 heterocycles. The average Bonchev–Trinajstić information content (AvgIpc) is 1.98. The third-order valence-corrected chi connectivity index (χ3v) is 2.64. The molecular weight excluding hydrogens is 134 g/mol. The minimum atomic E-state index is 0.336. The van der Waals surface area contributed by atoms with Crippen LogP contribution in [0, 0.1) is 5.92 Å². The van der Waals surface area contributed by atoms with Gasteiger partial charge < -0.3 is 5.73 Å². The highest BCUT2D eigenvalue weighted by Crippen LogP contribution is 2.20. The second-order valence-electron chi connectivity index (χ2n) is 3.83. The number of allylic oxidation sites excluding steroid dienone is 1. The lowest BCUT2D eigenvalue weighted by Crippen LogP contribution is -2.22. The molecular formula is C10H19N. The van der Waals surface area contributed by atoms with Crippen molar-refractivity contribution in [1.82, 2.24) is 0 Å². The van der Waals surface area contributed by atoms with E-state index in [0.717, 1.165) is 5.92 Å². The summed E-state index contributed by atoms with van der Waals surface area (Å²) < 4.78 is 0. The van der Waals surface area contributed by atoms with Crippen LogP contribution in [0.5, 0.6) is 0 Å². The number of nitrogens with two attached hydrogens (primary N) is 1. The van der Waals surface area contributed by atoms with Crippen LogP contribution in [0.25, 0.3) is 0 Å². The summed E-state index contributed by atoms with van der Waals surface area (Å²) in [6, 6.07) is 0.336. The van der Waals surface area contributed by atoms with E-state index in [1.54, 1.807) is 0 Å². The second kappa shape index (κ2) is 3.91. The molecule has 0 aliphatic heterocycles. The topological polar surface area (TPSA) is 26.0 Å². The van der Waals surface area contributed by atoms with Gasteiger partial charge in [0.05, 0.1) is 0 Å². The van der Waals surface area contributed by atoms with Crippen LogP contribution >= 0.6 is 0 Å². The molecule has 0 radical (unpaired) electrons. The molecule has 0 saturated heterocycles. The van der Waals surface area contributed by atoms with E-state index in [1.807, 2.05) is 0 Å². The predicted molar refractivity (Wildman–Crippen MR) is 49.4 cm³/mol. The van der Waals surface area contributed by atoms with Gasteiger partial charge in [-0.25, -0.2) is 0 Å². The highest BCUT2D eigenvalue weighted by Gasteiger charge is 2.10. The minimum Gasteiger partial charge on any atom is -0.324 e. The van der Waals surface area contributed by atoms with Gasteiger partial charge in [-0.1, -0.05) is 31.4 Å². The Morgan fingerprint density at radius 1 is 1.45 bits per heavy atom. The fraction of sp³-hybridized carbons (Fsp3) is 0.800. The summed E-state index contributed by atoms with van der Waals surface area (Å²) >= 11 is 0. The van der Waals surface area contributed by atoms with Crippen molar-refractivity contribution in [3.8, 4) is 0 Å². The van der Waals surface area contributed by atoms with Crippen LogP contribution in [0.3, 0.4) is 0 Å². The zero-order chi connectivity index (χ0) is 8.27. The summed E-state index contributed by atoms with van der Waals surface area (Å²) in [6.45, 7) is 4.48. The zero-order valence-corrected chi connectivity index (χ0v) is 7.64. The molecule has 2 atom stereocenters. The van der Waals surface area contributed by atoms with E-state index >= 15 is 0 Å². The maximum absolute atomic E-state index is 5.92. The van der Waals surface area contributed by atoms with Crippen molar-refractivity contribution in [2.75, 3.05) is 0 Å². The molecule has 0 aromatic rings. The van der Waals surface area contributed by atoms with Gasteiger partial charge in [-0.3, -0.25) is 0 Å². The van der Waals surface area contributed by atoms with E-state index < -0.39 is 0 Å². The Balaban J connectivity index is 2.54. The Bertz CT molecular complexity index is 149. The normalized spacial score (nSPS) is 33.9. The van der Waals surface area contributed by atoms with Gasteiger partial charge in [0.2, 0.25) is 0 Å². The Morgan fingerprint density at radius 2 is 2.18 bits per heavy atom. The lowest BCUT2D eigenvalue weighted by Gasteiger charge is -2.18. The highest BCUT2D eigenvalue weighted by molar-refractivity contribution is 5.07. The van der Waals surface area contributed by atoms with Gasteiger partial charge in [-0.2, -0.15) is 0 Å². The maximum Gasteiger partial charge on any atom is 0.0250 e. The van der Waals surface area contributed by atoms with Crippen LogP contribution in [0.2, 0.25) is 0 Å². The molecule has 1 heteroatoms. The lowest BCUT2D eigenvalue weighted by atomic mass is 9.91. The van der Waals surface area contributed by atoms with Gasteiger partial charge in [-0.15, -0.1) is 0 Å². The second-order valence-corrected chi connectivity index (χ2v) is 3.83. The third kappa shape index (κ3) is 2.66. The fourth-order valence-corrected chi connectivity index (χ4v) is 1.57. The molecule has 1 aliphatic carbocycles. The lowest BCUT2D eigenvalue weighted by molar-refractivity contribution is 0.472. The van der Waals surface area contributed by atoms with Crippen LogP contribution in [0.15, 0.2) is 11.6 Å². The van der Waals surface area contributed by atoms with Gasteiger partial charge in [-0.05, 0) is 25.7 Å². The summed E-state index contributed by atoms with van der Waals surface area (Å²) in [5, 5.41) is 0. The van der Waals surface area contributed by atoms with Gasteiger partial charge >= 0.3 is 0 Å². The van der Waals surface area contributed by atoms with Crippen LogP contribution in [-0.4, -0.2) is 6.04 Å². The Kier molecular flexibility index (Phi) is 3.13. The van der Waals surface area contributed by atoms with E-state index in [9.17, 15) is 0 Å². The average molecular weight is 153 g/mol. The first kappa shape index (κ1) is 8.79. The molecule has 0 aromatic heterocycles. The Labute approximate surface area is 69.7 Å². The minimum absolute atomic E-state index is 0.336. The van der Waals surface area contributed by atoms with E-state index in [2.05, 4.69) is 19.9 Å². The van der Waals surface area contributed by atoms with Crippen LogP contribution in [-0.2, 0) is 0 Å².